The minimum Gasteiger partial charge on any atom is -0.330 e. The monoisotopic (exact) mass is 257 g/mol. The average molecular weight is 258 g/mol. The molecular weight excluding hydrogens is 245 g/mol. The zero-order valence-corrected chi connectivity index (χ0v) is 9.48. The van der Waals surface area contributed by atoms with Crippen LogP contribution in [0.4, 0.5) is 4.39 Å². The summed E-state index contributed by atoms with van der Waals surface area (Å²) in [6.45, 7) is 0.631. The molecule has 14 heavy (non-hydrogen) atoms. The lowest BCUT2D eigenvalue weighted by Crippen LogP contribution is -2.15. The molecule has 0 atom stereocenters. The highest BCUT2D eigenvalue weighted by atomic mass is 79.9. The van der Waals surface area contributed by atoms with Crippen molar-refractivity contribution in [3.8, 4) is 0 Å². The fourth-order valence-electron chi connectivity index (χ4n) is 1.99. The van der Waals surface area contributed by atoms with Gasteiger partial charge in [0.2, 0.25) is 0 Å². The fourth-order valence-corrected chi connectivity index (χ4v) is 2.36. The van der Waals surface area contributed by atoms with E-state index < -0.39 is 0 Å². The number of hydrogen-bond donors (Lipinski definition) is 1. The molecule has 0 bridgehead atoms. The Morgan fingerprint density at radius 3 is 2.71 bits per heavy atom. The molecule has 0 aromatic heterocycles. The summed E-state index contributed by atoms with van der Waals surface area (Å²) < 4.78 is 14.3. The number of halogens is 2. The summed E-state index contributed by atoms with van der Waals surface area (Å²) in [5.74, 6) is -0.113. The van der Waals surface area contributed by atoms with Crippen molar-refractivity contribution in [1.29, 1.82) is 0 Å². The van der Waals surface area contributed by atoms with Crippen molar-refractivity contribution in [3.63, 3.8) is 0 Å². The lowest BCUT2D eigenvalue weighted by Gasteiger charge is -2.15. The minimum absolute atomic E-state index is 0.0443. The number of hydrogen-bond acceptors (Lipinski definition) is 1. The maximum absolute atomic E-state index is 13.8. The van der Waals surface area contributed by atoms with E-state index in [2.05, 4.69) is 15.9 Å². The maximum atomic E-state index is 13.8. The first-order chi connectivity index (χ1) is 6.69. The Bertz CT molecular complexity index is 347. The number of benzene rings is 1. The van der Waals surface area contributed by atoms with Gasteiger partial charge < -0.3 is 5.73 Å². The van der Waals surface area contributed by atoms with Gasteiger partial charge in [-0.05, 0) is 58.8 Å². The lowest BCUT2D eigenvalue weighted by molar-refractivity contribution is 0.546. The Kier molecular flexibility index (Phi) is 2.62. The van der Waals surface area contributed by atoms with E-state index in [0.717, 1.165) is 24.8 Å². The molecule has 3 heteroatoms. The Morgan fingerprint density at radius 1 is 1.43 bits per heavy atom. The fraction of sp³-hybridized carbons (Fsp3) is 0.455. The zero-order valence-electron chi connectivity index (χ0n) is 7.89. The van der Waals surface area contributed by atoms with Crippen molar-refractivity contribution in [2.75, 3.05) is 6.54 Å². The molecular formula is C11H13BrFN. The summed E-state index contributed by atoms with van der Waals surface area (Å²) in [7, 11) is 0. The molecule has 1 saturated carbocycles. The standard InChI is InChI=1S/C11H13BrFN/c12-9-3-1-2-8(10(9)13)11(4-5-11)6-7-14/h1-3H,4-7,14H2. The second-order valence-corrected chi connectivity index (χ2v) is 4.77. The SMILES string of the molecule is NCCC1(c2cccc(Br)c2F)CC1. The van der Waals surface area contributed by atoms with E-state index in [0.29, 0.717) is 11.0 Å². The Balaban J connectivity index is 2.37. The van der Waals surface area contributed by atoms with E-state index in [1.807, 2.05) is 12.1 Å². The summed E-state index contributed by atoms with van der Waals surface area (Å²) in [5.41, 5.74) is 6.42. The highest BCUT2D eigenvalue weighted by molar-refractivity contribution is 9.10. The quantitative estimate of drug-likeness (QED) is 0.886. The van der Waals surface area contributed by atoms with Gasteiger partial charge in [0.05, 0.1) is 4.47 Å². The minimum atomic E-state index is -0.113. The van der Waals surface area contributed by atoms with Gasteiger partial charge in [-0.3, -0.25) is 0 Å². The Labute approximate surface area is 91.6 Å². The third-order valence-corrected chi connectivity index (χ3v) is 3.61. The predicted molar refractivity (Wildman–Crippen MR) is 58.7 cm³/mol. The van der Waals surface area contributed by atoms with Gasteiger partial charge in [0.1, 0.15) is 5.82 Å². The van der Waals surface area contributed by atoms with Gasteiger partial charge in [0, 0.05) is 0 Å². The molecule has 0 unspecified atom stereocenters. The first-order valence-electron chi connectivity index (χ1n) is 4.84. The van der Waals surface area contributed by atoms with E-state index in [1.165, 1.54) is 0 Å². The van der Waals surface area contributed by atoms with Crippen LogP contribution in [0.2, 0.25) is 0 Å². The molecule has 0 amide bonds. The third kappa shape index (κ3) is 1.59. The van der Waals surface area contributed by atoms with Crippen molar-refractivity contribution < 1.29 is 4.39 Å². The van der Waals surface area contributed by atoms with Crippen molar-refractivity contribution in [2.24, 2.45) is 5.73 Å². The predicted octanol–water partition coefficient (Wildman–Crippen LogP) is 2.97. The van der Waals surface area contributed by atoms with Crippen LogP contribution in [-0.4, -0.2) is 6.54 Å². The second-order valence-electron chi connectivity index (χ2n) is 3.92. The van der Waals surface area contributed by atoms with Gasteiger partial charge >= 0.3 is 0 Å². The van der Waals surface area contributed by atoms with Crippen LogP contribution in [-0.2, 0) is 5.41 Å². The third-order valence-electron chi connectivity index (χ3n) is 3.00. The first kappa shape index (κ1) is 10.1. The molecule has 1 aromatic carbocycles. The van der Waals surface area contributed by atoms with Gasteiger partial charge in [-0.15, -0.1) is 0 Å². The summed E-state index contributed by atoms with van der Waals surface area (Å²) in [6, 6.07) is 5.50. The molecule has 0 aliphatic heterocycles. The average Bonchev–Trinajstić information content (AvgIpc) is 2.91. The summed E-state index contributed by atoms with van der Waals surface area (Å²) >= 11 is 3.21. The molecule has 2 N–H and O–H groups in total. The van der Waals surface area contributed by atoms with Crippen LogP contribution in [0.5, 0.6) is 0 Å². The highest BCUT2D eigenvalue weighted by Crippen LogP contribution is 2.52. The molecule has 1 fully saturated rings. The summed E-state index contributed by atoms with van der Waals surface area (Å²) in [5, 5.41) is 0. The van der Waals surface area contributed by atoms with E-state index in [-0.39, 0.29) is 11.2 Å². The molecule has 1 aliphatic carbocycles. The molecule has 0 radical (unpaired) electrons. The van der Waals surface area contributed by atoms with Crippen LogP contribution in [0.15, 0.2) is 22.7 Å². The maximum Gasteiger partial charge on any atom is 0.141 e. The van der Waals surface area contributed by atoms with Gasteiger partial charge in [-0.2, -0.15) is 0 Å². The van der Waals surface area contributed by atoms with E-state index in [9.17, 15) is 4.39 Å². The van der Waals surface area contributed by atoms with Crippen molar-refractivity contribution in [1.82, 2.24) is 0 Å². The van der Waals surface area contributed by atoms with E-state index in [1.54, 1.807) is 6.07 Å². The first-order valence-corrected chi connectivity index (χ1v) is 5.63. The van der Waals surface area contributed by atoms with Crippen molar-refractivity contribution in [3.05, 3.63) is 34.1 Å². The molecule has 1 aliphatic rings. The normalized spacial score (nSPS) is 18.2. The van der Waals surface area contributed by atoms with Crippen LogP contribution in [0.3, 0.4) is 0 Å². The van der Waals surface area contributed by atoms with Crippen molar-refractivity contribution >= 4 is 15.9 Å². The van der Waals surface area contributed by atoms with Crippen molar-refractivity contribution in [2.45, 2.75) is 24.7 Å². The summed E-state index contributed by atoms with van der Waals surface area (Å²) in [6.07, 6.45) is 3.02. The largest absolute Gasteiger partial charge is 0.330 e. The molecule has 0 heterocycles. The lowest BCUT2D eigenvalue weighted by atomic mass is 9.92. The van der Waals surface area contributed by atoms with Gasteiger partial charge in [-0.1, -0.05) is 12.1 Å². The van der Waals surface area contributed by atoms with Crippen LogP contribution >= 0.6 is 15.9 Å². The Morgan fingerprint density at radius 2 is 2.14 bits per heavy atom. The summed E-state index contributed by atoms with van der Waals surface area (Å²) in [4.78, 5) is 0. The number of rotatable bonds is 3. The van der Waals surface area contributed by atoms with Crippen LogP contribution < -0.4 is 5.73 Å². The Hall–Kier alpha value is -0.410. The van der Waals surface area contributed by atoms with Crippen LogP contribution in [0.1, 0.15) is 24.8 Å². The molecule has 1 aromatic rings. The number of nitrogens with two attached hydrogens (primary N) is 1. The van der Waals surface area contributed by atoms with Crippen LogP contribution in [0.25, 0.3) is 0 Å². The smallest absolute Gasteiger partial charge is 0.141 e. The molecule has 2 rings (SSSR count). The molecule has 76 valence electrons. The molecule has 1 nitrogen and oxygen atoms in total. The van der Waals surface area contributed by atoms with E-state index in [4.69, 9.17) is 5.73 Å². The second kappa shape index (κ2) is 3.63. The van der Waals surface area contributed by atoms with Crippen LogP contribution in [0, 0.1) is 5.82 Å². The van der Waals surface area contributed by atoms with Gasteiger partial charge in [0.25, 0.3) is 0 Å². The van der Waals surface area contributed by atoms with Gasteiger partial charge in [0.15, 0.2) is 0 Å². The highest BCUT2D eigenvalue weighted by Gasteiger charge is 2.45. The molecule has 0 spiro atoms. The van der Waals surface area contributed by atoms with Gasteiger partial charge in [-0.25, -0.2) is 4.39 Å². The van der Waals surface area contributed by atoms with E-state index >= 15 is 0 Å². The zero-order chi connectivity index (χ0) is 10.2. The molecule has 0 saturated heterocycles. The topological polar surface area (TPSA) is 26.0 Å².